The second kappa shape index (κ2) is 9.99. The molecule has 0 aliphatic carbocycles. The zero-order chi connectivity index (χ0) is 23.8. The number of ether oxygens (including phenoxy) is 5. The van der Waals surface area contributed by atoms with Gasteiger partial charge in [0, 0.05) is 0 Å². The molecule has 0 aromatic rings. The molecule has 0 aromatic carbocycles. The molecule has 0 bridgehead atoms. The van der Waals surface area contributed by atoms with Crippen LogP contribution in [-0.4, -0.2) is 74.6 Å². The van der Waals surface area contributed by atoms with Gasteiger partial charge in [0.2, 0.25) is 0 Å². The summed E-state index contributed by atoms with van der Waals surface area (Å²) in [6, 6.07) is 0. The minimum Gasteiger partial charge on any atom is -0.348 e. The summed E-state index contributed by atoms with van der Waals surface area (Å²) in [6.45, 7) is 12.7. The first-order valence-electron chi connectivity index (χ1n) is 11.0. The molecule has 0 N–H and O–H groups in total. The van der Waals surface area contributed by atoms with E-state index in [1.807, 2.05) is 0 Å². The van der Waals surface area contributed by atoms with E-state index in [-0.39, 0.29) is 26.4 Å². The van der Waals surface area contributed by atoms with Crippen molar-refractivity contribution in [1.29, 1.82) is 0 Å². The third-order valence-electron chi connectivity index (χ3n) is 5.03. The molecule has 0 spiro atoms. The molecule has 3 saturated heterocycles. The first-order valence-corrected chi connectivity index (χ1v) is 14.4. The van der Waals surface area contributed by atoms with Gasteiger partial charge in [-0.15, -0.1) is 0 Å². The van der Waals surface area contributed by atoms with Crippen molar-refractivity contribution in [1.82, 2.24) is 0 Å². The summed E-state index contributed by atoms with van der Waals surface area (Å²) >= 11 is 0. The van der Waals surface area contributed by atoms with Crippen molar-refractivity contribution >= 4 is 15.2 Å². The van der Waals surface area contributed by atoms with Gasteiger partial charge in [-0.05, 0) is 48.5 Å². The number of hydrogen-bond donors (Lipinski definition) is 0. The van der Waals surface area contributed by atoms with Crippen molar-refractivity contribution in [2.75, 3.05) is 32.3 Å². The fraction of sp³-hybridized carbons (Fsp3) is 1.00. The van der Waals surface area contributed by atoms with Gasteiger partial charge in [0.05, 0.1) is 26.4 Å². The van der Waals surface area contributed by atoms with E-state index in [1.54, 1.807) is 48.5 Å². The Morgan fingerprint density at radius 2 is 1.41 bits per heavy atom. The maximum Gasteiger partial charge on any atom is 0.343 e. The summed E-state index contributed by atoms with van der Waals surface area (Å²) in [7, 11) is -7.70. The first-order chi connectivity index (χ1) is 14.8. The highest BCUT2D eigenvalue weighted by atomic mass is 31.2. The van der Waals surface area contributed by atoms with Gasteiger partial charge in [0.15, 0.2) is 23.8 Å². The smallest absolute Gasteiger partial charge is 0.343 e. The van der Waals surface area contributed by atoms with Crippen LogP contribution in [0.5, 0.6) is 0 Å². The fourth-order valence-electron chi connectivity index (χ4n) is 4.01. The van der Waals surface area contributed by atoms with E-state index in [4.69, 9.17) is 41.8 Å². The van der Waals surface area contributed by atoms with Crippen molar-refractivity contribution in [3.63, 3.8) is 0 Å². The Labute approximate surface area is 189 Å². The molecule has 3 aliphatic heterocycles. The van der Waals surface area contributed by atoms with Crippen LogP contribution in [0.4, 0.5) is 0 Å². The van der Waals surface area contributed by atoms with Gasteiger partial charge in [0.1, 0.15) is 24.4 Å². The lowest BCUT2D eigenvalue weighted by atomic mass is 10.1. The molecule has 3 rings (SSSR count). The highest BCUT2D eigenvalue weighted by Crippen LogP contribution is 2.65. The Kier molecular flexibility index (Phi) is 8.34. The third-order valence-corrected chi connectivity index (χ3v) is 10.3. The van der Waals surface area contributed by atoms with Crippen LogP contribution in [0.3, 0.4) is 0 Å². The minimum absolute atomic E-state index is 0.0702. The first kappa shape index (κ1) is 26.7. The molecule has 0 radical (unpaired) electrons. The summed E-state index contributed by atoms with van der Waals surface area (Å²) in [5.41, 5.74) is 0. The number of fused-ring (bicyclic) bond motifs is 1. The minimum atomic E-state index is -3.98. The van der Waals surface area contributed by atoms with Crippen LogP contribution < -0.4 is 0 Å². The van der Waals surface area contributed by atoms with E-state index in [9.17, 15) is 9.13 Å². The van der Waals surface area contributed by atoms with E-state index < -0.39 is 63.4 Å². The molecule has 13 heteroatoms. The van der Waals surface area contributed by atoms with Crippen molar-refractivity contribution in [2.45, 2.75) is 90.7 Å². The summed E-state index contributed by atoms with van der Waals surface area (Å²) in [5, 5.41) is 0. The predicted molar refractivity (Wildman–Crippen MR) is 113 cm³/mol. The van der Waals surface area contributed by atoms with E-state index >= 15 is 0 Å². The third kappa shape index (κ3) is 6.20. The zero-order valence-electron chi connectivity index (χ0n) is 19.8. The molecular formula is C19H36O11P2. The van der Waals surface area contributed by atoms with Crippen molar-refractivity contribution in [2.24, 2.45) is 0 Å². The van der Waals surface area contributed by atoms with Gasteiger partial charge >= 0.3 is 15.2 Å². The predicted octanol–water partition coefficient (Wildman–Crippen LogP) is 3.85. The molecule has 3 aliphatic rings. The summed E-state index contributed by atoms with van der Waals surface area (Å²) in [4.78, 5) is 0. The normalized spacial score (nSPS) is 35.7. The monoisotopic (exact) mass is 502 g/mol. The molecule has 1 unspecified atom stereocenters. The van der Waals surface area contributed by atoms with Crippen LogP contribution in [-0.2, 0) is 50.9 Å². The molecule has 188 valence electrons. The highest BCUT2D eigenvalue weighted by Gasteiger charge is 2.61. The quantitative estimate of drug-likeness (QED) is 0.384. The van der Waals surface area contributed by atoms with Crippen LogP contribution in [0.1, 0.15) is 48.5 Å². The Bertz CT molecular complexity index is 733. The molecule has 0 amide bonds. The largest absolute Gasteiger partial charge is 0.348 e. The van der Waals surface area contributed by atoms with Crippen molar-refractivity contribution in [3.05, 3.63) is 0 Å². The van der Waals surface area contributed by atoms with E-state index in [0.29, 0.717) is 0 Å². The fourth-order valence-corrected chi connectivity index (χ4v) is 8.88. The Balaban J connectivity index is 1.86. The molecule has 11 nitrogen and oxygen atoms in total. The lowest BCUT2D eigenvalue weighted by Crippen LogP contribution is -2.44. The Morgan fingerprint density at radius 3 is 1.94 bits per heavy atom. The van der Waals surface area contributed by atoms with Crippen LogP contribution >= 0.6 is 15.2 Å². The maximum atomic E-state index is 13.8. The summed E-state index contributed by atoms with van der Waals surface area (Å²) in [5.74, 6) is -2.26. The molecule has 3 heterocycles. The van der Waals surface area contributed by atoms with E-state index in [2.05, 4.69) is 0 Å². The summed E-state index contributed by atoms with van der Waals surface area (Å²) in [6.07, 6.45) is -3.58. The second-order valence-corrected chi connectivity index (χ2v) is 13.2. The molecule has 0 aromatic heterocycles. The molecule has 32 heavy (non-hydrogen) atoms. The van der Waals surface area contributed by atoms with Crippen LogP contribution in [0, 0.1) is 0 Å². The van der Waals surface area contributed by atoms with Gasteiger partial charge in [-0.3, -0.25) is 13.7 Å². The lowest BCUT2D eigenvalue weighted by Gasteiger charge is -2.31. The van der Waals surface area contributed by atoms with Crippen molar-refractivity contribution < 1.29 is 50.9 Å². The number of rotatable bonds is 11. The van der Waals surface area contributed by atoms with Gasteiger partial charge in [-0.25, -0.2) is 0 Å². The van der Waals surface area contributed by atoms with Gasteiger partial charge in [0.25, 0.3) is 0 Å². The second-order valence-electron chi connectivity index (χ2n) is 8.62. The van der Waals surface area contributed by atoms with E-state index in [0.717, 1.165) is 0 Å². The topological polar surface area (TPSA) is 117 Å². The van der Waals surface area contributed by atoms with Crippen LogP contribution in [0.2, 0.25) is 0 Å². The standard InChI is InChI=1S/C19H36O11P2/c1-8-23-31(20,24-9-2)12-32(21,25-10-3)30-15-14(13-11-22-18(4,5)27-13)26-17-16(15)28-19(6,7)29-17/h13-17H,8-12H2,1-7H3/t13-,14-,15+,16-,17-,32?/m1/s1. The Hall–Kier alpha value is 0.100. The van der Waals surface area contributed by atoms with Gasteiger partial charge in [-0.1, -0.05) is 0 Å². The molecular weight excluding hydrogens is 466 g/mol. The zero-order valence-corrected chi connectivity index (χ0v) is 21.6. The van der Waals surface area contributed by atoms with Crippen LogP contribution in [0.15, 0.2) is 0 Å². The molecule has 6 atom stereocenters. The van der Waals surface area contributed by atoms with Gasteiger partial charge < -0.3 is 37.3 Å². The van der Waals surface area contributed by atoms with Crippen LogP contribution in [0.25, 0.3) is 0 Å². The van der Waals surface area contributed by atoms with E-state index in [1.165, 1.54) is 0 Å². The highest BCUT2D eigenvalue weighted by molar-refractivity contribution is 7.71. The maximum absolute atomic E-state index is 13.8. The van der Waals surface area contributed by atoms with Gasteiger partial charge in [-0.2, -0.15) is 0 Å². The summed E-state index contributed by atoms with van der Waals surface area (Å²) < 4.78 is 78.7. The number of hydrogen-bond acceptors (Lipinski definition) is 11. The molecule has 0 saturated carbocycles. The lowest BCUT2D eigenvalue weighted by molar-refractivity contribution is -0.230. The van der Waals surface area contributed by atoms with Crippen molar-refractivity contribution in [3.8, 4) is 0 Å². The average molecular weight is 502 g/mol. The SMILES string of the molecule is CCOP(=O)(CP(=O)(OCC)O[C@@H]1[C@H]2OC(C)(C)O[C@H]2O[C@@H]1[C@H]1COC(C)(C)O1)OCC. The average Bonchev–Trinajstić information content (AvgIpc) is 3.25. The Morgan fingerprint density at radius 1 is 0.812 bits per heavy atom. The molecule has 3 fully saturated rings.